The van der Waals surface area contributed by atoms with E-state index in [9.17, 15) is 27.6 Å². The number of halogens is 5. The summed E-state index contributed by atoms with van der Waals surface area (Å²) in [4.78, 5) is 42.6. The minimum Gasteiger partial charge on any atom is -0.324 e. The van der Waals surface area contributed by atoms with E-state index < -0.39 is 34.9 Å². The van der Waals surface area contributed by atoms with Gasteiger partial charge in [0, 0.05) is 0 Å². The van der Waals surface area contributed by atoms with Gasteiger partial charge in [-0.05, 0) is 50.1 Å². The molecule has 0 radical (unpaired) electrons. The lowest BCUT2D eigenvalue weighted by Crippen LogP contribution is -2.35. The van der Waals surface area contributed by atoms with E-state index in [0.717, 1.165) is 29.5 Å². The number of hydrogen-bond donors (Lipinski definition) is 3. The van der Waals surface area contributed by atoms with E-state index in [4.69, 9.17) is 23.2 Å². The number of aryl methyl sites for hydroxylation is 1. The molecule has 1 aliphatic carbocycles. The molecular weight excluding hydrogens is 540 g/mol. The Kier molecular flexibility index (Phi) is 7.00. The normalized spacial score (nSPS) is 14.2. The lowest BCUT2D eigenvalue weighted by molar-refractivity contribution is -0.137. The highest BCUT2D eigenvalue weighted by Crippen LogP contribution is 2.48. The maximum absolute atomic E-state index is 13.0. The van der Waals surface area contributed by atoms with E-state index in [1.807, 2.05) is 0 Å². The third-order valence-electron chi connectivity index (χ3n) is 5.51. The van der Waals surface area contributed by atoms with Crippen LogP contribution in [-0.2, 0) is 15.8 Å². The zero-order chi connectivity index (χ0) is 26.3. The molecule has 36 heavy (non-hydrogen) atoms. The zero-order valence-electron chi connectivity index (χ0n) is 18.4. The first kappa shape index (κ1) is 25.9. The molecule has 13 heteroatoms. The number of para-hydroxylation sites is 1. The molecule has 1 saturated carbocycles. The molecule has 2 aromatic carbocycles. The van der Waals surface area contributed by atoms with Crippen LogP contribution in [0.2, 0.25) is 10.0 Å². The van der Waals surface area contributed by atoms with Crippen molar-refractivity contribution in [1.82, 2.24) is 4.98 Å². The molecule has 1 heterocycles. The summed E-state index contributed by atoms with van der Waals surface area (Å²) in [5, 5.41) is 7.89. The highest BCUT2D eigenvalue weighted by atomic mass is 35.5. The Balaban J connectivity index is 1.46. The zero-order valence-corrected chi connectivity index (χ0v) is 20.8. The third kappa shape index (κ3) is 5.32. The van der Waals surface area contributed by atoms with Crippen LogP contribution in [-0.4, -0.2) is 22.7 Å². The minimum absolute atomic E-state index is 0.0594. The van der Waals surface area contributed by atoms with Gasteiger partial charge in [-0.25, -0.2) is 4.98 Å². The molecule has 3 aromatic rings. The van der Waals surface area contributed by atoms with Gasteiger partial charge < -0.3 is 16.0 Å². The quantitative estimate of drug-likeness (QED) is 0.306. The summed E-state index contributed by atoms with van der Waals surface area (Å²) in [5.74, 6) is -1.85. The third-order valence-corrected chi connectivity index (χ3v) is 7.24. The van der Waals surface area contributed by atoms with Crippen LogP contribution in [0.3, 0.4) is 0 Å². The molecule has 3 N–H and O–H groups in total. The lowest BCUT2D eigenvalue weighted by atomic mass is 10.1. The summed E-state index contributed by atoms with van der Waals surface area (Å²) in [6.07, 6.45) is -3.97. The van der Waals surface area contributed by atoms with Gasteiger partial charge in [0.15, 0.2) is 5.13 Å². The molecular formula is C23H17Cl2F3N4O3S. The van der Waals surface area contributed by atoms with E-state index in [0.29, 0.717) is 23.6 Å². The average Bonchev–Trinajstić information content (AvgIpc) is 3.54. The first-order valence-electron chi connectivity index (χ1n) is 10.4. The maximum atomic E-state index is 13.0. The van der Waals surface area contributed by atoms with Crippen LogP contribution >= 0.6 is 34.5 Å². The van der Waals surface area contributed by atoms with Crippen molar-refractivity contribution in [3.63, 3.8) is 0 Å². The summed E-state index contributed by atoms with van der Waals surface area (Å²) in [5.41, 5.74) is -1.88. The first-order valence-corrected chi connectivity index (χ1v) is 12.0. The molecule has 0 bridgehead atoms. The summed E-state index contributed by atoms with van der Waals surface area (Å²) in [6, 6.07) is 9.19. The van der Waals surface area contributed by atoms with Crippen molar-refractivity contribution in [3.05, 3.63) is 68.6 Å². The van der Waals surface area contributed by atoms with Crippen molar-refractivity contribution < 1.29 is 27.6 Å². The van der Waals surface area contributed by atoms with Crippen LogP contribution in [0.1, 0.15) is 33.8 Å². The molecule has 3 amide bonds. The molecule has 1 aliphatic rings. The lowest BCUT2D eigenvalue weighted by Gasteiger charge is -2.15. The number of carbonyl (C=O) groups excluding carboxylic acids is 3. The number of benzene rings is 2. The van der Waals surface area contributed by atoms with Gasteiger partial charge in [-0.15, -0.1) is 0 Å². The Hall–Kier alpha value is -3.15. The van der Waals surface area contributed by atoms with Gasteiger partial charge in [0.05, 0.1) is 32.7 Å². The van der Waals surface area contributed by atoms with Crippen molar-refractivity contribution in [2.75, 3.05) is 16.0 Å². The Labute approximate surface area is 217 Å². The molecule has 0 saturated heterocycles. The molecule has 0 atom stereocenters. The number of rotatable bonds is 6. The van der Waals surface area contributed by atoms with Gasteiger partial charge in [-0.1, -0.05) is 46.7 Å². The first-order chi connectivity index (χ1) is 16.9. The SMILES string of the molecule is Cc1nc(NC(=O)C2(C(=O)Nc3ccccc3Cl)CC2)sc1C(=O)Nc1cc(C(F)(F)F)ccc1Cl. The predicted octanol–water partition coefficient (Wildman–Crippen LogP) is 6.39. The molecule has 0 spiro atoms. The van der Waals surface area contributed by atoms with Crippen molar-refractivity contribution >= 4 is 68.8 Å². The van der Waals surface area contributed by atoms with Crippen LogP contribution in [0.25, 0.3) is 0 Å². The summed E-state index contributed by atoms with van der Waals surface area (Å²) in [7, 11) is 0. The molecule has 188 valence electrons. The van der Waals surface area contributed by atoms with Gasteiger partial charge in [0.2, 0.25) is 11.8 Å². The van der Waals surface area contributed by atoms with Gasteiger partial charge in [-0.2, -0.15) is 13.2 Å². The molecule has 1 fully saturated rings. The second-order valence-electron chi connectivity index (χ2n) is 8.05. The van der Waals surface area contributed by atoms with Crippen molar-refractivity contribution in [2.24, 2.45) is 5.41 Å². The van der Waals surface area contributed by atoms with Gasteiger partial charge in [0.1, 0.15) is 10.3 Å². The molecule has 7 nitrogen and oxygen atoms in total. The maximum Gasteiger partial charge on any atom is 0.416 e. The van der Waals surface area contributed by atoms with Crippen LogP contribution in [0.5, 0.6) is 0 Å². The largest absolute Gasteiger partial charge is 0.416 e. The van der Waals surface area contributed by atoms with Gasteiger partial charge in [-0.3, -0.25) is 14.4 Å². The fourth-order valence-electron chi connectivity index (χ4n) is 3.34. The fourth-order valence-corrected chi connectivity index (χ4v) is 4.55. The number of nitrogens with zero attached hydrogens (tertiary/aromatic N) is 1. The molecule has 0 unspecified atom stereocenters. The summed E-state index contributed by atoms with van der Waals surface area (Å²) in [6.45, 7) is 1.51. The molecule has 1 aromatic heterocycles. The van der Waals surface area contributed by atoms with Gasteiger partial charge in [0.25, 0.3) is 5.91 Å². The van der Waals surface area contributed by atoms with Crippen LogP contribution in [0.15, 0.2) is 42.5 Å². The van der Waals surface area contributed by atoms with E-state index in [1.165, 1.54) is 6.92 Å². The number of hydrogen-bond acceptors (Lipinski definition) is 5. The Morgan fingerprint density at radius 2 is 1.58 bits per heavy atom. The van der Waals surface area contributed by atoms with E-state index in [2.05, 4.69) is 20.9 Å². The number of anilines is 3. The van der Waals surface area contributed by atoms with Crippen molar-refractivity contribution in [1.29, 1.82) is 0 Å². The predicted molar refractivity (Wildman–Crippen MR) is 132 cm³/mol. The van der Waals surface area contributed by atoms with Crippen molar-refractivity contribution in [2.45, 2.75) is 25.9 Å². The minimum atomic E-state index is -4.61. The average molecular weight is 557 g/mol. The van der Waals surface area contributed by atoms with Crippen LogP contribution in [0.4, 0.5) is 29.7 Å². The Bertz CT molecular complexity index is 1370. The smallest absolute Gasteiger partial charge is 0.324 e. The van der Waals surface area contributed by atoms with Crippen molar-refractivity contribution in [3.8, 4) is 0 Å². The number of aromatic nitrogens is 1. The van der Waals surface area contributed by atoms with Gasteiger partial charge >= 0.3 is 6.18 Å². The number of nitrogens with one attached hydrogen (secondary N) is 3. The monoisotopic (exact) mass is 556 g/mol. The molecule has 0 aliphatic heterocycles. The number of amides is 3. The summed E-state index contributed by atoms with van der Waals surface area (Å²) >= 11 is 12.8. The Morgan fingerprint density at radius 1 is 0.944 bits per heavy atom. The highest BCUT2D eigenvalue weighted by Gasteiger charge is 2.56. The summed E-state index contributed by atoms with van der Waals surface area (Å²) < 4.78 is 39.0. The highest BCUT2D eigenvalue weighted by molar-refractivity contribution is 7.17. The van der Waals surface area contributed by atoms with E-state index in [-0.39, 0.29) is 26.4 Å². The second-order valence-corrected chi connectivity index (χ2v) is 9.86. The standard InChI is InChI=1S/C23H17Cl2F3N4O3S/c1-11-17(18(33)30-16-10-12(23(26,27)28)6-7-14(16)25)36-21(29-11)32-20(35)22(8-9-22)19(34)31-15-5-3-2-4-13(15)24/h2-7,10H,8-9H2,1H3,(H,30,33)(H,31,34)(H,29,32,35). The Morgan fingerprint density at radius 3 is 2.22 bits per heavy atom. The number of carbonyl (C=O) groups is 3. The topological polar surface area (TPSA) is 100 Å². The van der Waals surface area contributed by atoms with E-state index >= 15 is 0 Å². The van der Waals surface area contributed by atoms with E-state index in [1.54, 1.807) is 24.3 Å². The van der Waals surface area contributed by atoms with Crippen LogP contribution < -0.4 is 16.0 Å². The second kappa shape index (κ2) is 9.72. The fraction of sp³-hybridized carbons (Fsp3) is 0.217. The number of alkyl halides is 3. The van der Waals surface area contributed by atoms with Crippen LogP contribution in [0, 0.1) is 12.3 Å². The molecule has 4 rings (SSSR count). The number of thiazole rings is 1.